The van der Waals surface area contributed by atoms with Gasteiger partial charge in [-0.15, -0.1) is 12.4 Å². The summed E-state index contributed by atoms with van der Waals surface area (Å²) in [6.07, 6.45) is 0. The number of amidine groups is 1. The molecule has 19 heavy (non-hydrogen) atoms. The molecule has 0 spiro atoms. The molecule has 0 aliphatic rings. The fourth-order valence-electron chi connectivity index (χ4n) is 1.51. The number of oxime groups is 1. The molecule has 0 amide bonds. The summed E-state index contributed by atoms with van der Waals surface area (Å²) >= 11 is 0. The number of halogens is 1. The molecule has 8 heteroatoms. The van der Waals surface area contributed by atoms with E-state index in [0.717, 1.165) is 0 Å². The van der Waals surface area contributed by atoms with Crippen molar-refractivity contribution < 1.29 is 14.5 Å². The van der Waals surface area contributed by atoms with E-state index in [-0.39, 0.29) is 35.5 Å². The van der Waals surface area contributed by atoms with Crippen molar-refractivity contribution >= 4 is 23.9 Å². The van der Waals surface area contributed by atoms with Crippen molar-refractivity contribution in [2.45, 2.75) is 0 Å². The van der Waals surface area contributed by atoms with Crippen molar-refractivity contribution in [1.29, 1.82) is 0 Å². The molecule has 2 rings (SSSR count). The van der Waals surface area contributed by atoms with E-state index < -0.39 is 4.92 Å². The lowest BCUT2D eigenvalue weighted by Crippen LogP contribution is -2.11. The molecule has 0 atom stereocenters. The minimum Gasteiger partial charge on any atom is -0.452 e. The Morgan fingerprint density at radius 3 is 2.63 bits per heavy atom. The Morgan fingerprint density at radius 1 is 1.32 bits per heavy atom. The molecule has 1 aromatic carbocycles. The first-order valence-electron chi connectivity index (χ1n) is 4.95. The first kappa shape index (κ1) is 14.5. The van der Waals surface area contributed by atoms with Gasteiger partial charge in [-0.2, -0.15) is 0 Å². The highest BCUT2D eigenvalue weighted by Gasteiger charge is 2.17. The van der Waals surface area contributed by atoms with Crippen molar-refractivity contribution in [2.75, 3.05) is 0 Å². The van der Waals surface area contributed by atoms with Crippen LogP contribution < -0.4 is 5.73 Å². The lowest BCUT2D eigenvalue weighted by molar-refractivity contribution is -0.384. The Hall–Kier alpha value is -2.54. The van der Waals surface area contributed by atoms with Crippen LogP contribution in [-0.4, -0.2) is 16.0 Å². The van der Waals surface area contributed by atoms with E-state index in [2.05, 4.69) is 5.16 Å². The summed E-state index contributed by atoms with van der Waals surface area (Å²) in [6.45, 7) is 0. The van der Waals surface area contributed by atoms with Gasteiger partial charge in [-0.1, -0.05) is 17.3 Å². The SMILES string of the molecule is Cl.NC(=NO)c1ccc(-c2ccccc2[N+](=O)[O-])o1. The molecule has 0 saturated heterocycles. The fourth-order valence-corrected chi connectivity index (χ4v) is 1.51. The summed E-state index contributed by atoms with van der Waals surface area (Å²) in [6, 6.07) is 9.16. The Kier molecular flexibility index (Phi) is 4.49. The Balaban J connectivity index is 0.00000180. The summed E-state index contributed by atoms with van der Waals surface area (Å²) < 4.78 is 5.29. The van der Waals surface area contributed by atoms with E-state index in [9.17, 15) is 10.1 Å². The maximum absolute atomic E-state index is 10.9. The van der Waals surface area contributed by atoms with E-state index in [4.69, 9.17) is 15.4 Å². The van der Waals surface area contributed by atoms with Crippen LogP contribution in [0.25, 0.3) is 11.3 Å². The van der Waals surface area contributed by atoms with Crippen LogP contribution in [0.2, 0.25) is 0 Å². The van der Waals surface area contributed by atoms with Gasteiger partial charge in [0.1, 0.15) is 5.76 Å². The second-order valence-electron chi connectivity index (χ2n) is 3.42. The Bertz CT molecular complexity index is 624. The minimum atomic E-state index is -0.499. The monoisotopic (exact) mass is 283 g/mol. The summed E-state index contributed by atoms with van der Waals surface area (Å²) in [4.78, 5) is 10.4. The zero-order valence-corrected chi connectivity index (χ0v) is 10.3. The first-order chi connectivity index (χ1) is 8.63. The highest BCUT2D eigenvalue weighted by molar-refractivity contribution is 5.95. The first-order valence-corrected chi connectivity index (χ1v) is 4.95. The number of rotatable bonds is 3. The van der Waals surface area contributed by atoms with Crippen molar-refractivity contribution in [3.05, 3.63) is 52.3 Å². The van der Waals surface area contributed by atoms with Gasteiger partial charge in [0, 0.05) is 6.07 Å². The predicted molar refractivity (Wildman–Crippen MR) is 70.6 cm³/mol. The summed E-state index contributed by atoms with van der Waals surface area (Å²) in [5.41, 5.74) is 5.62. The van der Waals surface area contributed by atoms with Gasteiger partial charge in [-0.25, -0.2) is 0 Å². The second kappa shape index (κ2) is 5.87. The van der Waals surface area contributed by atoms with Crippen LogP contribution in [0.5, 0.6) is 0 Å². The molecule has 1 aromatic heterocycles. The molecule has 7 nitrogen and oxygen atoms in total. The number of benzene rings is 1. The third-order valence-corrected chi connectivity index (χ3v) is 2.33. The van der Waals surface area contributed by atoms with E-state index in [1.807, 2.05) is 0 Å². The van der Waals surface area contributed by atoms with Gasteiger partial charge in [0.05, 0.1) is 10.5 Å². The van der Waals surface area contributed by atoms with Crippen molar-refractivity contribution in [3.8, 4) is 11.3 Å². The zero-order valence-electron chi connectivity index (χ0n) is 9.52. The van der Waals surface area contributed by atoms with Crippen LogP contribution in [0.15, 0.2) is 46.0 Å². The Labute approximate surface area is 113 Å². The largest absolute Gasteiger partial charge is 0.452 e. The lowest BCUT2D eigenvalue weighted by atomic mass is 10.1. The van der Waals surface area contributed by atoms with Crippen molar-refractivity contribution in [3.63, 3.8) is 0 Å². The summed E-state index contributed by atoms with van der Waals surface area (Å²) in [5.74, 6) is 0.231. The number of furan rings is 1. The molecule has 100 valence electrons. The van der Waals surface area contributed by atoms with E-state index >= 15 is 0 Å². The molecule has 2 aromatic rings. The number of nitro groups is 1. The lowest BCUT2D eigenvalue weighted by Gasteiger charge is -1.99. The third-order valence-electron chi connectivity index (χ3n) is 2.33. The van der Waals surface area contributed by atoms with Crippen LogP contribution in [-0.2, 0) is 0 Å². The van der Waals surface area contributed by atoms with Crippen LogP contribution in [0, 0.1) is 10.1 Å². The Morgan fingerprint density at radius 2 is 2.00 bits per heavy atom. The van der Waals surface area contributed by atoms with Crippen LogP contribution in [0.1, 0.15) is 5.76 Å². The highest BCUT2D eigenvalue weighted by atomic mass is 35.5. The van der Waals surface area contributed by atoms with Gasteiger partial charge >= 0.3 is 0 Å². The maximum atomic E-state index is 10.9. The van der Waals surface area contributed by atoms with E-state index in [1.165, 1.54) is 18.2 Å². The molecule has 0 unspecified atom stereocenters. The topological polar surface area (TPSA) is 115 Å². The standard InChI is InChI=1S/C11H9N3O4.ClH/c12-11(13-15)10-6-5-9(18-10)7-3-1-2-4-8(7)14(16)17;/h1-6,15H,(H2,12,13);1H. The number of hydrogen-bond acceptors (Lipinski definition) is 5. The molecular weight excluding hydrogens is 274 g/mol. The zero-order chi connectivity index (χ0) is 13.1. The number of hydrogen-bond donors (Lipinski definition) is 2. The van der Waals surface area contributed by atoms with Gasteiger partial charge in [-0.3, -0.25) is 10.1 Å². The fraction of sp³-hybridized carbons (Fsp3) is 0. The smallest absolute Gasteiger partial charge is 0.280 e. The molecular formula is C11H10ClN3O4. The number of nitrogens with two attached hydrogens (primary N) is 1. The van der Waals surface area contributed by atoms with Crippen LogP contribution >= 0.6 is 12.4 Å². The third kappa shape index (κ3) is 2.83. The van der Waals surface area contributed by atoms with Gasteiger partial charge in [0.2, 0.25) is 5.84 Å². The molecule has 0 saturated carbocycles. The average molecular weight is 284 g/mol. The molecule has 0 fully saturated rings. The number of nitrogens with zero attached hydrogens (tertiary/aromatic N) is 2. The molecule has 3 N–H and O–H groups in total. The summed E-state index contributed by atoms with van der Waals surface area (Å²) in [5, 5.41) is 22.2. The quantitative estimate of drug-likeness (QED) is 0.295. The number of para-hydroxylation sites is 1. The van der Waals surface area contributed by atoms with Crippen molar-refractivity contribution in [2.24, 2.45) is 10.9 Å². The minimum absolute atomic E-state index is 0. The van der Waals surface area contributed by atoms with E-state index in [0.29, 0.717) is 5.56 Å². The van der Waals surface area contributed by atoms with Gasteiger partial charge in [0.25, 0.3) is 5.69 Å². The second-order valence-corrected chi connectivity index (χ2v) is 3.42. The summed E-state index contributed by atoms with van der Waals surface area (Å²) in [7, 11) is 0. The molecule has 0 aliphatic carbocycles. The van der Waals surface area contributed by atoms with Gasteiger partial charge in [0.15, 0.2) is 5.76 Å². The normalized spacial score (nSPS) is 10.8. The molecule has 0 radical (unpaired) electrons. The van der Waals surface area contributed by atoms with Crippen molar-refractivity contribution in [1.82, 2.24) is 0 Å². The van der Waals surface area contributed by atoms with Gasteiger partial charge < -0.3 is 15.4 Å². The molecule has 1 heterocycles. The molecule has 0 bridgehead atoms. The average Bonchev–Trinajstić information content (AvgIpc) is 2.87. The van der Waals surface area contributed by atoms with E-state index in [1.54, 1.807) is 18.2 Å². The number of nitro benzene ring substituents is 1. The van der Waals surface area contributed by atoms with Crippen LogP contribution in [0.4, 0.5) is 5.69 Å². The molecule has 0 aliphatic heterocycles. The van der Waals surface area contributed by atoms with Crippen LogP contribution in [0.3, 0.4) is 0 Å². The highest BCUT2D eigenvalue weighted by Crippen LogP contribution is 2.30. The van der Waals surface area contributed by atoms with Gasteiger partial charge in [-0.05, 0) is 18.2 Å². The maximum Gasteiger partial charge on any atom is 0.280 e. The predicted octanol–water partition coefficient (Wildman–Crippen LogP) is 2.37.